The molecule has 0 bridgehead atoms. The van der Waals surface area contributed by atoms with Crippen molar-refractivity contribution >= 4 is 0 Å². The van der Waals surface area contributed by atoms with Crippen molar-refractivity contribution in [2.24, 2.45) is 11.8 Å². The van der Waals surface area contributed by atoms with Crippen molar-refractivity contribution in [3.8, 4) is 0 Å². The van der Waals surface area contributed by atoms with Crippen LogP contribution in [0.25, 0.3) is 0 Å². The van der Waals surface area contributed by atoms with Gasteiger partial charge in [-0.15, -0.1) is 0 Å². The summed E-state index contributed by atoms with van der Waals surface area (Å²) in [5.41, 5.74) is 0.421. The van der Waals surface area contributed by atoms with Crippen LogP contribution in [0.1, 0.15) is 44.8 Å². The van der Waals surface area contributed by atoms with Crippen molar-refractivity contribution < 1.29 is 9.50 Å². The minimum absolute atomic E-state index is 0.307. The summed E-state index contributed by atoms with van der Waals surface area (Å²) in [5, 5.41) is 10.1. The smallest absolute Gasteiger partial charge is 0.128 e. The number of benzene rings is 1. The lowest BCUT2D eigenvalue weighted by molar-refractivity contribution is 0.112. The second kappa shape index (κ2) is 7.19. The molecule has 1 aliphatic heterocycles. The van der Waals surface area contributed by atoms with E-state index in [1.807, 2.05) is 0 Å². The summed E-state index contributed by atoms with van der Waals surface area (Å²) < 4.78 is 13.6. The zero-order valence-electron chi connectivity index (χ0n) is 12.6. The average Bonchev–Trinajstić information content (AvgIpc) is 2.45. The predicted octanol–water partition coefficient (Wildman–Crippen LogP) is 3.62. The zero-order chi connectivity index (χ0) is 14.5. The number of nitrogens with zero attached hydrogens (tertiary/aromatic N) is 1. The van der Waals surface area contributed by atoms with E-state index in [1.165, 1.54) is 18.9 Å². The molecule has 112 valence electrons. The SMILES string of the molecule is CC(C)C1CCN(CCC(O)c2ccccc2F)CC1. The molecule has 0 spiro atoms. The van der Waals surface area contributed by atoms with E-state index in [0.717, 1.165) is 31.5 Å². The number of aliphatic hydroxyl groups excluding tert-OH is 1. The summed E-state index contributed by atoms with van der Waals surface area (Å²) in [4.78, 5) is 2.39. The van der Waals surface area contributed by atoms with E-state index >= 15 is 0 Å². The van der Waals surface area contributed by atoms with Gasteiger partial charge in [-0.2, -0.15) is 0 Å². The van der Waals surface area contributed by atoms with E-state index in [-0.39, 0.29) is 5.82 Å². The molecule has 0 aliphatic carbocycles. The maximum Gasteiger partial charge on any atom is 0.128 e. The number of aliphatic hydroxyl groups is 1. The van der Waals surface area contributed by atoms with E-state index in [4.69, 9.17) is 0 Å². The molecule has 1 heterocycles. The fraction of sp³-hybridized carbons (Fsp3) is 0.647. The van der Waals surface area contributed by atoms with Crippen LogP contribution in [0.3, 0.4) is 0 Å². The van der Waals surface area contributed by atoms with Gasteiger partial charge in [0.15, 0.2) is 0 Å². The molecule has 1 N–H and O–H groups in total. The molecule has 1 aromatic rings. The first-order valence-electron chi connectivity index (χ1n) is 7.72. The van der Waals surface area contributed by atoms with Crippen molar-refractivity contribution in [1.29, 1.82) is 0 Å². The Morgan fingerprint density at radius 1 is 1.25 bits per heavy atom. The van der Waals surface area contributed by atoms with Crippen molar-refractivity contribution in [2.45, 2.75) is 39.2 Å². The van der Waals surface area contributed by atoms with Gasteiger partial charge in [-0.05, 0) is 50.3 Å². The number of hydrogen-bond acceptors (Lipinski definition) is 2. The van der Waals surface area contributed by atoms with Crippen LogP contribution in [0, 0.1) is 17.7 Å². The predicted molar refractivity (Wildman–Crippen MR) is 80.0 cm³/mol. The van der Waals surface area contributed by atoms with Gasteiger partial charge >= 0.3 is 0 Å². The maximum absolute atomic E-state index is 13.6. The van der Waals surface area contributed by atoms with Crippen LogP contribution in [0.4, 0.5) is 4.39 Å². The number of hydrogen-bond donors (Lipinski definition) is 1. The van der Waals surface area contributed by atoms with Crippen molar-refractivity contribution in [1.82, 2.24) is 4.90 Å². The van der Waals surface area contributed by atoms with E-state index < -0.39 is 6.10 Å². The highest BCUT2D eigenvalue weighted by Crippen LogP contribution is 2.26. The molecule has 2 nitrogen and oxygen atoms in total. The van der Waals surface area contributed by atoms with Gasteiger partial charge in [-0.3, -0.25) is 0 Å². The zero-order valence-corrected chi connectivity index (χ0v) is 12.6. The highest BCUT2D eigenvalue weighted by atomic mass is 19.1. The number of likely N-dealkylation sites (tertiary alicyclic amines) is 1. The second-order valence-electron chi connectivity index (χ2n) is 6.25. The summed E-state index contributed by atoms with van der Waals surface area (Å²) >= 11 is 0. The Balaban J connectivity index is 1.78. The first-order chi connectivity index (χ1) is 9.58. The van der Waals surface area contributed by atoms with Gasteiger partial charge < -0.3 is 10.0 Å². The van der Waals surface area contributed by atoms with Gasteiger partial charge in [-0.25, -0.2) is 4.39 Å². The molecule has 0 aromatic heterocycles. The van der Waals surface area contributed by atoms with Crippen molar-refractivity contribution in [3.63, 3.8) is 0 Å². The first kappa shape index (κ1) is 15.5. The van der Waals surface area contributed by atoms with Crippen molar-refractivity contribution in [2.75, 3.05) is 19.6 Å². The molecule has 0 radical (unpaired) electrons. The fourth-order valence-electron chi connectivity index (χ4n) is 3.05. The molecule has 0 amide bonds. The van der Waals surface area contributed by atoms with Crippen molar-refractivity contribution in [3.05, 3.63) is 35.6 Å². The molecule has 1 aromatic carbocycles. The molecule has 1 fully saturated rings. The average molecular weight is 279 g/mol. The molecule has 1 unspecified atom stereocenters. The van der Waals surface area contributed by atoms with Gasteiger partial charge in [0.2, 0.25) is 0 Å². The monoisotopic (exact) mass is 279 g/mol. The lowest BCUT2D eigenvalue weighted by Gasteiger charge is -2.34. The summed E-state index contributed by atoms with van der Waals surface area (Å²) in [6, 6.07) is 6.51. The summed E-state index contributed by atoms with van der Waals surface area (Å²) in [6.07, 6.45) is 2.40. The van der Waals surface area contributed by atoms with Crippen LogP contribution >= 0.6 is 0 Å². The third kappa shape index (κ3) is 4.03. The van der Waals surface area contributed by atoms with Crippen LogP contribution in [-0.4, -0.2) is 29.6 Å². The normalized spacial score (nSPS) is 19.4. The Morgan fingerprint density at radius 2 is 1.90 bits per heavy atom. The van der Waals surface area contributed by atoms with Gasteiger partial charge in [0.1, 0.15) is 5.82 Å². The maximum atomic E-state index is 13.6. The molecule has 1 atom stereocenters. The fourth-order valence-corrected chi connectivity index (χ4v) is 3.05. The minimum Gasteiger partial charge on any atom is -0.388 e. The molecule has 20 heavy (non-hydrogen) atoms. The third-order valence-corrected chi connectivity index (χ3v) is 4.56. The largest absolute Gasteiger partial charge is 0.388 e. The van der Waals surface area contributed by atoms with Gasteiger partial charge in [0, 0.05) is 12.1 Å². The third-order valence-electron chi connectivity index (χ3n) is 4.56. The lowest BCUT2D eigenvalue weighted by Crippen LogP contribution is -2.36. The quantitative estimate of drug-likeness (QED) is 0.890. The lowest BCUT2D eigenvalue weighted by atomic mass is 9.86. The van der Waals surface area contributed by atoms with Crippen LogP contribution in [-0.2, 0) is 0 Å². The topological polar surface area (TPSA) is 23.5 Å². The summed E-state index contributed by atoms with van der Waals surface area (Å²) in [5.74, 6) is 1.29. The highest BCUT2D eigenvalue weighted by Gasteiger charge is 2.22. The Kier molecular flexibility index (Phi) is 5.55. The van der Waals surface area contributed by atoms with E-state index in [1.54, 1.807) is 18.2 Å². The Hall–Kier alpha value is -0.930. The van der Waals surface area contributed by atoms with E-state index in [2.05, 4.69) is 18.7 Å². The van der Waals surface area contributed by atoms with Crippen LogP contribution in [0.2, 0.25) is 0 Å². The molecular formula is C17H26FNO. The highest BCUT2D eigenvalue weighted by molar-refractivity contribution is 5.19. The number of rotatable bonds is 5. The first-order valence-corrected chi connectivity index (χ1v) is 7.72. The molecule has 1 aliphatic rings. The van der Waals surface area contributed by atoms with E-state index in [9.17, 15) is 9.50 Å². The summed E-state index contributed by atoms with van der Waals surface area (Å²) in [6.45, 7) is 7.64. The van der Waals surface area contributed by atoms with Crippen LogP contribution in [0.15, 0.2) is 24.3 Å². The molecule has 1 saturated heterocycles. The summed E-state index contributed by atoms with van der Waals surface area (Å²) in [7, 11) is 0. The number of halogens is 1. The molecular weight excluding hydrogens is 253 g/mol. The Morgan fingerprint density at radius 3 is 2.50 bits per heavy atom. The second-order valence-corrected chi connectivity index (χ2v) is 6.25. The molecule has 2 rings (SSSR count). The standard InChI is InChI=1S/C17H26FNO/c1-13(2)14-7-10-19(11-8-14)12-9-17(20)15-5-3-4-6-16(15)18/h3-6,13-14,17,20H,7-12H2,1-2H3. The Labute approximate surface area is 121 Å². The van der Waals surface area contributed by atoms with Crippen LogP contribution in [0.5, 0.6) is 0 Å². The Bertz CT molecular complexity index is 413. The van der Waals surface area contributed by atoms with Gasteiger partial charge in [-0.1, -0.05) is 32.0 Å². The molecule has 3 heteroatoms. The van der Waals surface area contributed by atoms with E-state index in [0.29, 0.717) is 12.0 Å². The van der Waals surface area contributed by atoms with Crippen LogP contribution < -0.4 is 0 Å². The minimum atomic E-state index is -0.695. The molecule has 0 saturated carbocycles. The van der Waals surface area contributed by atoms with Gasteiger partial charge in [0.25, 0.3) is 0 Å². The number of piperidine rings is 1. The van der Waals surface area contributed by atoms with Gasteiger partial charge in [0.05, 0.1) is 6.10 Å².